The summed E-state index contributed by atoms with van der Waals surface area (Å²) in [6.07, 6.45) is 1.84. The Bertz CT molecular complexity index is 1040. The number of rotatable bonds is 2. The number of allylic oxidation sites excluding steroid dienone is 2. The van der Waals surface area contributed by atoms with Crippen LogP contribution in [-0.4, -0.2) is 30.0 Å². The van der Waals surface area contributed by atoms with Gasteiger partial charge in [-0.1, -0.05) is 17.7 Å². The highest BCUT2D eigenvalue weighted by atomic mass is 35.5. The minimum Gasteiger partial charge on any atom is -0.399 e. The van der Waals surface area contributed by atoms with Crippen LogP contribution in [0.1, 0.15) is 11.5 Å². The van der Waals surface area contributed by atoms with E-state index < -0.39 is 22.2 Å². The highest BCUT2D eigenvalue weighted by molar-refractivity contribution is 6.31. The van der Waals surface area contributed by atoms with E-state index >= 15 is 0 Å². The second-order valence-electron chi connectivity index (χ2n) is 6.86. The van der Waals surface area contributed by atoms with Crippen LogP contribution in [0.2, 0.25) is 5.02 Å². The fourth-order valence-corrected chi connectivity index (χ4v) is 4.29. The van der Waals surface area contributed by atoms with Gasteiger partial charge in [-0.3, -0.25) is 10.1 Å². The fraction of sp³-hybridized carbons (Fsp3) is 0.316. The number of halogens is 1. The lowest BCUT2D eigenvalue weighted by Crippen LogP contribution is -2.47. The highest BCUT2D eigenvalue weighted by Crippen LogP contribution is 2.55. The number of benzene rings is 1. The molecule has 1 aliphatic heterocycles. The van der Waals surface area contributed by atoms with Gasteiger partial charge in [-0.2, -0.15) is 15.8 Å². The first-order chi connectivity index (χ1) is 13.3. The van der Waals surface area contributed by atoms with E-state index in [1.165, 1.54) is 18.2 Å². The van der Waals surface area contributed by atoms with Crippen molar-refractivity contribution in [3.8, 4) is 18.2 Å². The number of non-ortho nitro benzene ring substituents is 1. The van der Waals surface area contributed by atoms with Crippen LogP contribution >= 0.6 is 11.6 Å². The van der Waals surface area contributed by atoms with E-state index in [9.17, 15) is 25.9 Å². The molecule has 2 N–H and O–H groups in total. The summed E-state index contributed by atoms with van der Waals surface area (Å²) < 4.78 is 0. The van der Waals surface area contributed by atoms with Gasteiger partial charge in [0.25, 0.3) is 5.69 Å². The van der Waals surface area contributed by atoms with Crippen LogP contribution in [0.5, 0.6) is 0 Å². The number of nitro benzene ring substituents is 1. The molecule has 0 saturated carbocycles. The third-order valence-corrected chi connectivity index (χ3v) is 5.72. The van der Waals surface area contributed by atoms with Crippen molar-refractivity contribution < 1.29 is 4.92 Å². The van der Waals surface area contributed by atoms with Crippen molar-refractivity contribution in [2.45, 2.75) is 5.92 Å². The molecule has 2 unspecified atom stereocenters. The van der Waals surface area contributed by atoms with Gasteiger partial charge in [0.1, 0.15) is 6.07 Å². The molecule has 0 radical (unpaired) electrons. The van der Waals surface area contributed by atoms with E-state index in [1.54, 1.807) is 0 Å². The molecule has 1 aliphatic carbocycles. The molecule has 2 aliphatic rings. The Morgan fingerprint density at radius 1 is 1.36 bits per heavy atom. The minimum atomic E-state index is -1.87. The van der Waals surface area contributed by atoms with Gasteiger partial charge in [0.05, 0.1) is 28.3 Å². The Morgan fingerprint density at radius 3 is 2.61 bits per heavy atom. The van der Waals surface area contributed by atoms with E-state index in [2.05, 4.69) is 0 Å². The van der Waals surface area contributed by atoms with Crippen molar-refractivity contribution >= 4 is 17.3 Å². The Hall–Kier alpha value is -3.38. The molecule has 0 aromatic heterocycles. The van der Waals surface area contributed by atoms with Crippen LogP contribution in [0.25, 0.3) is 0 Å². The van der Waals surface area contributed by atoms with E-state index in [0.717, 1.165) is 0 Å². The van der Waals surface area contributed by atoms with Gasteiger partial charge in [-0.25, -0.2) is 0 Å². The van der Waals surface area contributed by atoms with Crippen LogP contribution in [0, 0.1) is 55.4 Å². The number of nitro groups is 1. The van der Waals surface area contributed by atoms with E-state index in [4.69, 9.17) is 17.3 Å². The lowest BCUT2D eigenvalue weighted by atomic mass is 9.58. The fourth-order valence-electron chi connectivity index (χ4n) is 4.05. The van der Waals surface area contributed by atoms with Gasteiger partial charge in [0.2, 0.25) is 0 Å². The second kappa shape index (κ2) is 6.98. The zero-order valence-corrected chi connectivity index (χ0v) is 15.6. The van der Waals surface area contributed by atoms with Crippen molar-refractivity contribution in [2.75, 3.05) is 20.1 Å². The topological polar surface area (TPSA) is 144 Å². The first kappa shape index (κ1) is 19.4. The predicted molar refractivity (Wildman–Crippen MR) is 100 cm³/mol. The van der Waals surface area contributed by atoms with E-state index in [1.807, 2.05) is 36.2 Å². The zero-order chi connectivity index (χ0) is 20.6. The number of likely N-dealkylation sites (N-methyl/N-ethyl adjacent to an activating group) is 1. The van der Waals surface area contributed by atoms with Crippen molar-refractivity contribution in [2.24, 2.45) is 17.1 Å². The number of fused-ring (bicyclic) bond motifs is 1. The molecule has 1 heterocycles. The molecule has 0 fully saturated rings. The van der Waals surface area contributed by atoms with Crippen LogP contribution in [0.4, 0.5) is 5.69 Å². The minimum absolute atomic E-state index is 0.124. The summed E-state index contributed by atoms with van der Waals surface area (Å²) in [4.78, 5) is 12.7. The van der Waals surface area contributed by atoms with Gasteiger partial charge >= 0.3 is 0 Å². The number of nitriles is 3. The molecule has 0 amide bonds. The Morgan fingerprint density at radius 2 is 2.04 bits per heavy atom. The maximum Gasteiger partial charge on any atom is 0.269 e. The molecule has 140 valence electrons. The summed E-state index contributed by atoms with van der Waals surface area (Å²) in [6, 6.07) is 9.93. The molecule has 0 bridgehead atoms. The number of nitrogens with zero attached hydrogens (tertiary/aromatic N) is 5. The molecule has 9 heteroatoms. The van der Waals surface area contributed by atoms with Crippen LogP contribution < -0.4 is 5.73 Å². The average molecular weight is 395 g/mol. The molecule has 0 saturated heterocycles. The molecule has 1 aromatic rings. The lowest BCUT2D eigenvalue weighted by Gasteiger charge is -2.45. The molecule has 8 nitrogen and oxygen atoms in total. The monoisotopic (exact) mass is 394 g/mol. The molecule has 2 atom stereocenters. The Labute approximate surface area is 166 Å². The maximum atomic E-state index is 11.3. The van der Waals surface area contributed by atoms with Crippen LogP contribution in [-0.2, 0) is 0 Å². The predicted octanol–water partition coefficient (Wildman–Crippen LogP) is 2.60. The van der Waals surface area contributed by atoms with Gasteiger partial charge in [0, 0.05) is 42.1 Å². The normalized spacial score (nSPS) is 23.6. The summed E-state index contributed by atoms with van der Waals surface area (Å²) >= 11 is 6.36. The molecule has 0 spiro atoms. The summed E-state index contributed by atoms with van der Waals surface area (Å²) in [7, 11) is 1.87. The van der Waals surface area contributed by atoms with Crippen LogP contribution in [0.3, 0.4) is 0 Å². The smallest absolute Gasteiger partial charge is 0.269 e. The molecule has 28 heavy (non-hydrogen) atoms. The quantitative estimate of drug-likeness (QED) is 0.599. The van der Waals surface area contributed by atoms with E-state index in [0.29, 0.717) is 24.2 Å². The third kappa shape index (κ3) is 2.70. The summed E-state index contributed by atoms with van der Waals surface area (Å²) in [5, 5.41) is 41.1. The standard InChI is InChI=1S/C19H15ClN6O2/c1-25-5-4-12-14(7-21)18(24)19(9-22,10-23)17(15(12)8-25)13-6-11(26(27)28)2-3-16(13)20/h2-4,6,15,17H,5,8,24H2,1H3. The summed E-state index contributed by atoms with van der Waals surface area (Å²) in [5.41, 5.74) is 5.04. The molecule has 3 rings (SSSR count). The second-order valence-corrected chi connectivity index (χ2v) is 7.27. The first-order valence-corrected chi connectivity index (χ1v) is 8.74. The van der Waals surface area contributed by atoms with Crippen LogP contribution in [0.15, 0.2) is 41.1 Å². The Kier molecular flexibility index (Phi) is 4.83. The maximum absolute atomic E-state index is 11.3. The van der Waals surface area contributed by atoms with Crippen molar-refractivity contribution in [3.63, 3.8) is 0 Å². The zero-order valence-electron chi connectivity index (χ0n) is 14.9. The van der Waals surface area contributed by atoms with E-state index in [-0.39, 0.29) is 22.0 Å². The average Bonchev–Trinajstić information content (AvgIpc) is 2.68. The first-order valence-electron chi connectivity index (χ1n) is 8.36. The van der Waals surface area contributed by atoms with Crippen molar-refractivity contribution in [3.05, 3.63) is 61.8 Å². The highest BCUT2D eigenvalue weighted by Gasteiger charge is 2.55. The van der Waals surface area contributed by atoms with Gasteiger partial charge in [-0.15, -0.1) is 0 Å². The molecular formula is C19H15ClN6O2. The number of hydrogen-bond acceptors (Lipinski definition) is 7. The molecular weight excluding hydrogens is 380 g/mol. The summed E-state index contributed by atoms with van der Waals surface area (Å²) in [5.74, 6) is -1.31. The summed E-state index contributed by atoms with van der Waals surface area (Å²) in [6.45, 7) is 1.02. The molecule has 1 aromatic carbocycles. The van der Waals surface area contributed by atoms with Gasteiger partial charge < -0.3 is 10.6 Å². The van der Waals surface area contributed by atoms with Crippen molar-refractivity contribution in [1.82, 2.24) is 4.90 Å². The largest absolute Gasteiger partial charge is 0.399 e. The Balaban J connectivity index is 2.39. The lowest BCUT2D eigenvalue weighted by molar-refractivity contribution is -0.384. The number of hydrogen-bond donors (Lipinski definition) is 1. The van der Waals surface area contributed by atoms with Gasteiger partial charge in [0.15, 0.2) is 5.41 Å². The number of nitrogens with two attached hydrogens (primary N) is 1. The SMILES string of the molecule is CN1CC=C2C(C#N)=C(N)C(C#N)(C#N)C(c3cc([N+](=O)[O-])ccc3Cl)C2C1. The van der Waals surface area contributed by atoms with Crippen molar-refractivity contribution in [1.29, 1.82) is 15.8 Å². The van der Waals surface area contributed by atoms with Gasteiger partial charge in [-0.05, 0) is 24.3 Å². The third-order valence-electron chi connectivity index (χ3n) is 5.37.